The number of thiophene rings is 1. The summed E-state index contributed by atoms with van der Waals surface area (Å²) < 4.78 is 13.6. The largest absolute Gasteiger partial charge is 0.444 e. The van der Waals surface area contributed by atoms with Crippen molar-refractivity contribution in [3.8, 4) is 11.1 Å². The van der Waals surface area contributed by atoms with Gasteiger partial charge in [-0.2, -0.15) is 0 Å². The number of ether oxygens (including phenoxy) is 1. The molecule has 1 aromatic carbocycles. The third-order valence-electron chi connectivity index (χ3n) is 10.4. The van der Waals surface area contributed by atoms with E-state index in [-0.39, 0.29) is 54.4 Å². The third kappa shape index (κ3) is 7.41. The van der Waals surface area contributed by atoms with E-state index in [1.165, 1.54) is 10.5 Å². The maximum absolute atomic E-state index is 13.7. The number of carbonyl (C=O) groups excluding carboxylic acids is 3. The fourth-order valence-corrected chi connectivity index (χ4v) is 9.29. The highest BCUT2D eigenvalue weighted by molar-refractivity contribution is 7.19. The van der Waals surface area contributed by atoms with Gasteiger partial charge >= 0.3 is 6.09 Å². The molecule has 2 unspecified atom stereocenters. The van der Waals surface area contributed by atoms with Crippen molar-refractivity contribution in [2.24, 2.45) is 0 Å². The van der Waals surface area contributed by atoms with Crippen molar-refractivity contribution in [1.29, 1.82) is 0 Å². The molecule has 3 aliphatic rings. The second kappa shape index (κ2) is 13.3. The molecule has 0 spiro atoms. The molecule has 49 heavy (non-hydrogen) atoms. The number of hydrogen-bond donors (Lipinski definition) is 0. The Hall–Kier alpha value is -2.99. The Bertz CT molecular complexity index is 1760. The van der Waals surface area contributed by atoms with Crippen molar-refractivity contribution in [2.45, 2.75) is 116 Å². The summed E-state index contributed by atoms with van der Waals surface area (Å²) >= 11 is 8.38. The van der Waals surface area contributed by atoms with E-state index >= 15 is 0 Å². The molecule has 0 saturated carbocycles. The Morgan fingerprint density at radius 3 is 2.43 bits per heavy atom. The topological polar surface area (TPSA) is 92.3 Å². The average molecular weight is 725 g/mol. The summed E-state index contributed by atoms with van der Waals surface area (Å²) in [5.74, 6) is -0.250. The van der Waals surface area contributed by atoms with Crippen LogP contribution in [-0.2, 0) is 31.7 Å². The van der Waals surface area contributed by atoms with Crippen LogP contribution in [0.4, 0.5) is 10.5 Å². The summed E-state index contributed by atoms with van der Waals surface area (Å²) in [6.07, 6.45) is 4.71. The fraction of sp³-hybridized carbons (Fsp3) is 0.568. The molecule has 3 aromatic rings. The highest BCUT2D eigenvalue weighted by Gasteiger charge is 2.44. The van der Waals surface area contributed by atoms with Crippen molar-refractivity contribution >= 4 is 65.1 Å². The standard InChI is InChI=1S/C37H49ClN4O5SSi/c1-36(2,3)47-35(45)41-20-25(18-26(41)22-46-49(7,8)37(4,5)6)40-15-9-10-23-16-24(38)17-29(33(23)40)28-13-14-39-30-19-27(48-34(28)30)21-42-31(43)11-12-32(42)44/h13-14,16-17,19,25-26H,9-12,15,18,20-22H2,1-8H3. The summed E-state index contributed by atoms with van der Waals surface area (Å²) in [6, 6.07) is 8.08. The number of amides is 3. The highest BCUT2D eigenvalue weighted by atomic mass is 35.5. The van der Waals surface area contributed by atoms with Gasteiger partial charge in [0.05, 0.1) is 29.4 Å². The summed E-state index contributed by atoms with van der Waals surface area (Å²) in [7, 11) is -2.06. The lowest BCUT2D eigenvalue weighted by Gasteiger charge is -2.38. The first-order valence-electron chi connectivity index (χ1n) is 17.4. The monoisotopic (exact) mass is 724 g/mol. The number of carbonyl (C=O) groups is 3. The van der Waals surface area contributed by atoms with Gasteiger partial charge in [-0.1, -0.05) is 32.4 Å². The minimum absolute atomic E-state index is 0.0544. The second-order valence-electron chi connectivity index (χ2n) is 16.2. The molecule has 6 rings (SSSR count). The van der Waals surface area contributed by atoms with Gasteiger partial charge in [0.25, 0.3) is 0 Å². The number of halogens is 1. The second-order valence-corrected chi connectivity index (χ2v) is 22.5. The van der Waals surface area contributed by atoms with Crippen molar-refractivity contribution in [2.75, 3.05) is 24.6 Å². The summed E-state index contributed by atoms with van der Waals surface area (Å²) in [4.78, 5) is 49.8. The molecule has 9 nitrogen and oxygen atoms in total. The van der Waals surface area contributed by atoms with Crippen LogP contribution >= 0.6 is 22.9 Å². The van der Waals surface area contributed by atoms with Crippen molar-refractivity contribution in [3.05, 3.63) is 45.9 Å². The van der Waals surface area contributed by atoms with E-state index in [0.717, 1.165) is 57.7 Å². The molecular weight excluding hydrogens is 676 g/mol. The number of hydrogen-bond acceptors (Lipinski definition) is 8. The SMILES string of the molecule is CC(C)(C)OC(=O)N1CC(N2CCCc3cc(Cl)cc(-c4ccnc5cc(CN6C(=O)CCC6=O)sc45)c32)CC1CO[Si](C)(C)C(C)(C)C. The van der Waals surface area contributed by atoms with E-state index in [1.54, 1.807) is 11.3 Å². The first kappa shape index (κ1) is 35.8. The first-order chi connectivity index (χ1) is 22.9. The zero-order chi connectivity index (χ0) is 35.5. The smallest absolute Gasteiger partial charge is 0.410 e. The Morgan fingerprint density at radius 2 is 1.76 bits per heavy atom. The number of fused-ring (bicyclic) bond motifs is 2. The minimum Gasteiger partial charge on any atom is -0.444 e. The molecule has 3 amide bonds. The van der Waals surface area contributed by atoms with Crippen LogP contribution in [0.1, 0.15) is 77.7 Å². The van der Waals surface area contributed by atoms with Crippen LogP contribution in [0.3, 0.4) is 0 Å². The van der Waals surface area contributed by atoms with Crippen LogP contribution in [0.5, 0.6) is 0 Å². The number of likely N-dealkylation sites (tertiary alicyclic amines) is 2. The maximum atomic E-state index is 13.7. The molecule has 0 radical (unpaired) electrons. The van der Waals surface area contributed by atoms with Crippen molar-refractivity contribution in [3.63, 3.8) is 0 Å². The number of aryl methyl sites for hydroxylation is 1. The number of rotatable bonds is 7. The molecule has 2 saturated heterocycles. The van der Waals surface area contributed by atoms with E-state index in [0.29, 0.717) is 18.2 Å². The molecule has 12 heteroatoms. The Morgan fingerprint density at radius 1 is 1.04 bits per heavy atom. The number of pyridine rings is 1. The zero-order valence-corrected chi connectivity index (χ0v) is 32.6. The predicted molar refractivity (Wildman–Crippen MR) is 199 cm³/mol. The molecular formula is C37H49ClN4O5SSi. The van der Waals surface area contributed by atoms with E-state index in [1.807, 2.05) is 50.1 Å². The number of benzene rings is 1. The number of anilines is 1. The van der Waals surface area contributed by atoms with Gasteiger partial charge in [-0.05, 0) is 88.0 Å². The number of imide groups is 1. The molecule has 2 aromatic heterocycles. The molecule has 0 N–H and O–H groups in total. The van der Waals surface area contributed by atoms with Crippen LogP contribution in [0.2, 0.25) is 23.2 Å². The fourth-order valence-electron chi connectivity index (χ4n) is 6.88. The van der Waals surface area contributed by atoms with Gasteiger partial charge < -0.3 is 19.0 Å². The molecule has 0 bridgehead atoms. The van der Waals surface area contributed by atoms with E-state index in [4.69, 9.17) is 20.8 Å². The third-order valence-corrected chi connectivity index (χ3v) is 16.3. The Balaban J connectivity index is 1.36. The lowest BCUT2D eigenvalue weighted by atomic mass is 9.92. The van der Waals surface area contributed by atoms with Gasteiger partial charge in [0.15, 0.2) is 8.32 Å². The van der Waals surface area contributed by atoms with Gasteiger partial charge in [0.1, 0.15) is 5.60 Å². The van der Waals surface area contributed by atoms with Gasteiger partial charge in [-0.25, -0.2) is 4.79 Å². The summed E-state index contributed by atoms with van der Waals surface area (Å²) in [6.45, 7) is 19.1. The average Bonchev–Trinajstić information content (AvgIpc) is 3.71. The van der Waals surface area contributed by atoms with E-state index in [9.17, 15) is 14.4 Å². The first-order valence-corrected chi connectivity index (χ1v) is 21.5. The van der Waals surface area contributed by atoms with Crippen molar-refractivity contribution in [1.82, 2.24) is 14.8 Å². The van der Waals surface area contributed by atoms with Gasteiger partial charge in [0.2, 0.25) is 11.8 Å². The van der Waals surface area contributed by atoms with Crippen LogP contribution < -0.4 is 4.90 Å². The zero-order valence-electron chi connectivity index (χ0n) is 30.0. The quantitative estimate of drug-likeness (QED) is 0.179. The molecule has 0 aliphatic carbocycles. The number of aromatic nitrogens is 1. The lowest BCUT2D eigenvalue weighted by molar-refractivity contribution is -0.139. The van der Waals surface area contributed by atoms with Crippen LogP contribution in [-0.4, -0.2) is 78.4 Å². The van der Waals surface area contributed by atoms with Crippen LogP contribution in [0.15, 0.2) is 30.5 Å². The van der Waals surface area contributed by atoms with Crippen LogP contribution in [0.25, 0.3) is 21.3 Å². The lowest BCUT2D eigenvalue weighted by Crippen LogP contribution is -2.47. The predicted octanol–water partition coefficient (Wildman–Crippen LogP) is 8.42. The van der Waals surface area contributed by atoms with Gasteiger partial charge in [0, 0.05) is 64.9 Å². The highest BCUT2D eigenvalue weighted by Crippen LogP contribution is 2.46. The summed E-state index contributed by atoms with van der Waals surface area (Å²) in [5.41, 5.74) is 4.60. The molecule has 5 heterocycles. The molecule has 264 valence electrons. The number of nitrogens with zero attached hydrogens (tertiary/aromatic N) is 4. The van der Waals surface area contributed by atoms with Crippen molar-refractivity contribution < 1.29 is 23.5 Å². The summed E-state index contributed by atoms with van der Waals surface area (Å²) in [5, 5.41) is 0.728. The minimum atomic E-state index is -2.06. The van der Waals surface area contributed by atoms with Gasteiger partial charge in [-0.15, -0.1) is 11.3 Å². The molecule has 2 atom stereocenters. The Kier molecular flexibility index (Phi) is 9.71. The molecule has 2 fully saturated rings. The van der Waals surface area contributed by atoms with E-state index in [2.05, 4.69) is 49.8 Å². The van der Waals surface area contributed by atoms with E-state index < -0.39 is 13.9 Å². The van der Waals surface area contributed by atoms with Gasteiger partial charge in [-0.3, -0.25) is 19.5 Å². The van der Waals surface area contributed by atoms with Crippen LogP contribution in [0, 0.1) is 0 Å². The Labute approximate surface area is 300 Å². The molecule has 3 aliphatic heterocycles. The normalized spacial score (nSPS) is 20.5. The maximum Gasteiger partial charge on any atom is 0.410 e.